The Hall–Kier alpha value is -4.31. The standard InChI is InChI=1S/C27H20FN3O3/c28-18-5-3-6-19(14-18)31-21-7-4-8-22(32)26(21)25(17-9-10-23-24(13-17)34-16-33-23)20(15-29)27(31)30-11-1-2-12-30/h1-3,5-6,9-14,25H,4,7-8,16H2. The number of rotatable bonds is 3. The van der Waals surface area contributed by atoms with Gasteiger partial charge in [0, 0.05) is 30.1 Å². The molecule has 34 heavy (non-hydrogen) atoms. The van der Waals surface area contributed by atoms with E-state index in [0.717, 1.165) is 11.3 Å². The molecule has 1 aliphatic carbocycles. The Bertz CT molecular complexity index is 1420. The molecule has 0 radical (unpaired) electrons. The Morgan fingerprint density at radius 3 is 2.62 bits per heavy atom. The summed E-state index contributed by atoms with van der Waals surface area (Å²) in [4.78, 5) is 15.3. The third-order valence-corrected chi connectivity index (χ3v) is 6.49. The first kappa shape index (κ1) is 20.3. The fraction of sp³-hybridized carbons (Fsp3) is 0.185. The number of halogens is 1. The van der Waals surface area contributed by atoms with Crippen molar-refractivity contribution in [2.24, 2.45) is 0 Å². The topological polar surface area (TPSA) is 67.5 Å². The highest BCUT2D eigenvalue weighted by Gasteiger charge is 2.42. The smallest absolute Gasteiger partial charge is 0.231 e. The number of carbonyl (C=O) groups excluding carboxylic acids is 1. The van der Waals surface area contributed by atoms with Gasteiger partial charge in [-0.05, 0) is 60.9 Å². The number of carbonyl (C=O) groups is 1. The van der Waals surface area contributed by atoms with Crippen molar-refractivity contribution in [1.29, 1.82) is 5.26 Å². The van der Waals surface area contributed by atoms with Crippen LogP contribution in [0.25, 0.3) is 5.82 Å². The molecule has 6 rings (SSSR count). The van der Waals surface area contributed by atoms with Crippen LogP contribution >= 0.6 is 0 Å². The van der Waals surface area contributed by atoms with Gasteiger partial charge in [0.15, 0.2) is 17.3 Å². The molecule has 168 valence electrons. The second-order valence-corrected chi connectivity index (χ2v) is 8.44. The van der Waals surface area contributed by atoms with Gasteiger partial charge in [-0.2, -0.15) is 5.26 Å². The molecule has 0 fully saturated rings. The van der Waals surface area contributed by atoms with Gasteiger partial charge < -0.3 is 14.0 Å². The molecular weight excluding hydrogens is 433 g/mol. The molecule has 0 N–H and O–H groups in total. The van der Waals surface area contributed by atoms with Crippen LogP contribution in [0.4, 0.5) is 10.1 Å². The number of hydrogen-bond donors (Lipinski definition) is 0. The summed E-state index contributed by atoms with van der Waals surface area (Å²) in [5.74, 6) is 0.877. The number of benzene rings is 2. The van der Waals surface area contributed by atoms with Gasteiger partial charge in [-0.15, -0.1) is 0 Å². The van der Waals surface area contributed by atoms with Gasteiger partial charge in [-0.3, -0.25) is 9.69 Å². The number of Topliss-reactive ketones (excluding diaryl/α,β-unsaturated/α-hetero) is 1. The Morgan fingerprint density at radius 1 is 1.00 bits per heavy atom. The molecular formula is C27H20FN3O3. The summed E-state index contributed by atoms with van der Waals surface area (Å²) >= 11 is 0. The number of anilines is 1. The molecule has 3 aliphatic rings. The average molecular weight is 453 g/mol. The summed E-state index contributed by atoms with van der Waals surface area (Å²) in [6.07, 6.45) is 5.45. The summed E-state index contributed by atoms with van der Waals surface area (Å²) in [6, 6.07) is 17.9. The van der Waals surface area contributed by atoms with E-state index in [0.29, 0.717) is 53.4 Å². The van der Waals surface area contributed by atoms with Gasteiger partial charge in [0.2, 0.25) is 6.79 Å². The van der Waals surface area contributed by atoms with Crippen LogP contribution < -0.4 is 14.4 Å². The number of aromatic nitrogens is 1. The molecule has 7 heteroatoms. The Balaban J connectivity index is 1.65. The predicted molar refractivity (Wildman–Crippen MR) is 123 cm³/mol. The molecule has 6 nitrogen and oxygen atoms in total. The highest BCUT2D eigenvalue weighted by molar-refractivity contribution is 6.03. The largest absolute Gasteiger partial charge is 0.454 e. The molecule has 1 unspecified atom stereocenters. The van der Waals surface area contributed by atoms with Crippen LogP contribution in [-0.2, 0) is 4.79 Å². The van der Waals surface area contributed by atoms with Crippen molar-refractivity contribution in [2.75, 3.05) is 11.7 Å². The summed E-state index contributed by atoms with van der Waals surface area (Å²) in [6.45, 7) is 0.138. The molecule has 2 aliphatic heterocycles. The lowest BCUT2D eigenvalue weighted by Crippen LogP contribution is -2.36. The zero-order valence-electron chi connectivity index (χ0n) is 18.2. The van der Waals surface area contributed by atoms with Crippen LogP contribution in [-0.4, -0.2) is 17.1 Å². The monoisotopic (exact) mass is 453 g/mol. The van der Waals surface area contributed by atoms with Crippen molar-refractivity contribution < 1.29 is 18.7 Å². The third-order valence-electron chi connectivity index (χ3n) is 6.49. The molecule has 0 amide bonds. The van der Waals surface area contributed by atoms with Crippen molar-refractivity contribution in [3.63, 3.8) is 0 Å². The summed E-state index contributed by atoms with van der Waals surface area (Å²) < 4.78 is 27.2. The highest BCUT2D eigenvalue weighted by Crippen LogP contribution is 2.50. The summed E-state index contributed by atoms with van der Waals surface area (Å²) in [5.41, 5.74) is 3.15. The van der Waals surface area contributed by atoms with E-state index in [9.17, 15) is 14.4 Å². The number of nitrogens with zero attached hydrogens (tertiary/aromatic N) is 3. The van der Waals surface area contributed by atoms with Crippen molar-refractivity contribution in [2.45, 2.75) is 25.2 Å². The Morgan fingerprint density at radius 2 is 1.82 bits per heavy atom. The predicted octanol–water partition coefficient (Wildman–Crippen LogP) is 5.36. The Labute approximate surface area is 195 Å². The van der Waals surface area contributed by atoms with E-state index in [2.05, 4.69) is 6.07 Å². The van der Waals surface area contributed by atoms with Gasteiger partial charge in [0.05, 0.1) is 23.2 Å². The first-order valence-corrected chi connectivity index (χ1v) is 11.1. The van der Waals surface area contributed by atoms with Crippen LogP contribution in [0.1, 0.15) is 30.7 Å². The molecule has 3 heterocycles. The van der Waals surface area contributed by atoms with Crippen LogP contribution in [0, 0.1) is 17.1 Å². The lowest BCUT2D eigenvalue weighted by Gasteiger charge is -2.41. The number of ether oxygens (including phenoxy) is 2. The Kier molecular flexibility index (Phi) is 4.73. The minimum atomic E-state index is -0.565. The number of ketones is 1. The number of hydrogen-bond acceptors (Lipinski definition) is 5. The number of fused-ring (bicyclic) bond motifs is 1. The molecule has 2 aromatic carbocycles. The minimum Gasteiger partial charge on any atom is -0.454 e. The maximum absolute atomic E-state index is 14.3. The first-order chi connectivity index (χ1) is 16.7. The highest BCUT2D eigenvalue weighted by atomic mass is 19.1. The van der Waals surface area contributed by atoms with E-state index in [4.69, 9.17) is 9.47 Å². The lowest BCUT2D eigenvalue weighted by molar-refractivity contribution is -0.116. The third kappa shape index (κ3) is 3.11. The van der Waals surface area contributed by atoms with Crippen molar-refractivity contribution in [1.82, 2.24) is 4.57 Å². The molecule has 1 aromatic heterocycles. The van der Waals surface area contributed by atoms with Gasteiger partial charge in [0.1, 0.15) is 11.6 Å². The van der Waals surface area contributed by atoms with Gasteiger partial charge >= 0.3 is 0 Å². The van der Waals surface area contributed by atoms with Crippen molar-refractivity contribution in [3.05, 3.63) is 95.2 Å². The SMILES string of the molecule is N#CC1=C(n2cccc2)N(c2cccc(F)c2)C2=C(C(=O)CCC2)C1c1ccc2c(c1)OCO2. The van der Waals surface area contributed by atoms with E-state index >= 15 is 0 Å². The lowest BCUT2D eigenvalue weighted by atomic mass is 9.75. The second kappa shape index (κ2) is 7.92. The zero-order chi connectivity index (χ0) is 23.2. The van der Waals surface area contributed by atoms with E-state index < -0.39 is 5.92 Å². The zero-order valence-corrected chi connectivity index (χ0v) is 18.2. The van der Waals surface area contributed by atoms with Crippen molar-refractivity contribution >= 4 is 17.3 Å². The first-order valence-electron chi connectivity index (χ1n) is 11.1. The second-order valence-electron chi connectivity index (χ2n) is 8.44. The van der Waals surface area contributed by atoms with Crippen LogP contribution in [0.3, 0.4) is 0 Å². The fourth-order valence-electron chi connectivity index (χ4n) is 5.09. The number of allylic oxidation sites excluding steroid dienone is 3. The van der Waals surface area contributed by atoms with E-state index in [1.165, 1.54) is 12.1 Å². The maximum Gasteiger partial charge on any atom is 0.231 e. The molecule has 0 saturated heterocycles. The van der Waals surface area contributed by atoms with E-state index in [1.807, 2.05) is 52.2 Å². The van der Waals surface area contributed by atoms with E-state index in [-0.39, 0.29) is 18.4 Å². The van der Waals surface area contributed by atoms with Gasteiger partial charge in [-0.25, -0.2) is 4.39 Å². The van der Waals surface area contributed by atoms with Crippen molar-refractivity contribution in [3.8, 4) is 17.6 Å². The fourth-order valence-corrected chi connectivity index (χ4v) is 5.09. The average Bonchev–Trinajstić information content (AvgIpc) is 3.54. The molecule has 3 aromatic rings. The summed E-state index contributed by atoms with van der Waals surface area (Å²) in [5, 5.41) is 10.5. The van der Waals surface area contributed by atoms with Gasteiger partial charge in [-0.1, -0.05) is 12.1 Å². The minimum absolute atomic E-state index is 0.00428. The number of nitriles is 1. The van der Waals surface area contributed by atoms with Gasteiger partial charge in [0.25, 0.3) is 0 Å². The normalized spacial score (nSPS) is 19.4. The van der Waals surface area contributed by atoms with Crippen LogP contribution in [0.15, 0.2) is 83.8 Å². The van der Waals surface area contributed by atoms with Crippen LogP contribution in [0.5, 0.6) is 11.5 Å². The molecule has 0 saturated carbocycles. The maximum atomic E-state index is 14.3. The molecule has 1 atom stereocenters. The quantitative estimate of drug-likeness (QED) is 0.534. The van der Waals surface area contributed by atoms with E-state index in [1.54, 1.807) is 12.1 Å². The molecule has 0 spiro atoms. The molecule has 0 bridgehead atoms. The van der Waals surface area contributed by atoms with Crippen LogP contribution in [0.2, 0.25) is 0 Å². The summed E-state index contributed by atoms with van der Waals surface area (Å²) in [7, 11) is 0.